The minimum absolute atomic E-state index is 0.0275. The van der Waals surface area contributed by atoms with Gasteiger partial charge in [0.05, 0.1) is 20.8 Å². The molecular formula is C32H43N3O6. The number of amides is 1. The molecule has 41 heavy (non-hydrogen) atoms. The van der Waals surface area contributed by atoms with Gasteiger partial charge in [-0.1, -0.05) is 61.0 Å². The van der Waals surface area contributed by atoms with E-state index in [1.807, 2.05) is 78.9 Å². The lowest BCUT2D eigenvalue weighted by molar-refractivity contribution is -0.0205. The van der Waals surface area contributed by atoms with E-state index in [9.17, 15) is 9.90 Å². The zero-order chi connectivity index (χ0) is 29.5. The lowest BCUT2D eigenvalue weighted by Gasteiger charge is -2.37. The van der Waals surface area contributed by atoms with Gasteiger partial charge < -0.3 is 40.8 Å². The standard InChI is InChI=1S/C32H43N3O6/c1-38-28-15-11-26(12-16-28)32(25-9-4-3-5-10-25,27-13-17-29(39-2)18-14-27)40-23-24(22-36)8-6-7-19-35-31(37)41-30(20-33)21-34/h3-5,9-18,24,30,36H,6-8,19-23,33-34H2,1-2H3,(H,35,37). The van der Waals surface area contributed by atoms with Gasteiger partial charge in [-0.2, -0.15) is 0 Å². The number of ether oxygens (including phenoxy) is 4. The van der Waals surface area contributed by atoms with Gasteiger partial charge in [0.25, 0.3) is 0 Å². The maximum absolute atomic E-state index is 11.9. The second kappa shape index (κ2) is 16.6. The number of carbonyl (C=O) groups excluding carboxylic acids is 1. The first-order chi connectivity index (χ1) is 20.0. The Morgan fingerprint density at radius 2 is 1.37 bits per heavy atom. The van der Waals surface area contributed by atoms with Gasteiger partial charge in [-0.3, -0.25) is 0 Å². The fourth-order valence-electron chi connectivity index (χ4n) is 4.68. The van der Waals surface area contributed by atoms with Crippen LogP contribution in [0.15, 0.2) is 78.9 Å². The van der Waals surface area contributed by atoms with Crippen molar-refractivity contribution in [3.8, 4) is 11.5 Å². The quantitative estimate of drug-likeness (QED) is 0.143. The molecule has 9 nitrogen and oxygen atoms in total. The van der Waals surface area contributed by atoms with E-state index >= 15 is 0 Å². The van der Waals surface area contributed by atoms with E-state index in [0.29, 0.717) is 13.2 Å². The van der Waals surface area contributed by atoms with Crippen LogP contribution in [0.2, 0.25) is 0 Å². The Labute approximate surface area is 242 Å². The number of aliphatic hydroxyl groups is 1. The smallest absolute Gasteiger partial charge is 0.407 e. The number of hydrogen-bond acceptors (Lipinski definition) is 8. The molecule has 0 saturated carbocycles. The lowest BCUT2D eigenvalue weighted by atomic mass is 9.79. The first-order valence-corrected chi connectivity index (χ1v) is 13.9. The fraction of sp³-hybridized carbons (Fsp3) is 0.406. The normalized spacial score (nSPS) is 12.1. The first kappa shape index (κ1) is 31.9. The third kappa shape index (κ3) is 8.68. The Hall–Kier alpha value is -3.63. The van der Waals surface area contributed by atoms with Gasteiger partial charge in [-0.15, -0.1) is 0 Å². The second-order valence-electron chi connectivity index (χ2n) is 9.79. The van der Waals surface area contributed by atoms with Crippen molar-refractivity contribution in [3.05, 3.63) is 95.6 Å². The number of carbonyl (C=O) groups is 1. The molecule has 3 aromatic rings. The number of rotatable bonds is 17. The molecule has 0 bridgehead atoms. The summed E-state index contributed by atoms with van der Waals surface area (Å²) in [4.78, 5) is 11.9. The van der Waals surface area contributed by atoms with E-state index in [1.54, 1.807) is 14.2 Å². The van der Waals surface area contributed by atoms with E-state index in [4.69, 9.17) is 30.4 Å². The van der Waals surface area contributed by atoms with Crippen LogP contribution in [0.4, 0.5) is 4.79 Å². The minimum atomic E-state index is -0.943. The summed E-state index contributed by atoms with van der Waals surface area (Å²) < 4.78 is 22.9. The highest BCUT2D eigenvalue weighted by atomic mass is 16.6. The molecule has 1 atom stereocenters. The largest absolute Gasteiger partial charge is 0.497 e. The molecule has 0 aliphatic heterocycles. The highest BCUT2D eigenvalue weighted by Gasteiger charge is 2.38. The first-order valence-electron chi connectivity index (χ1n) is 13.9. The number of methoxy groups -OCH3 is 2. The summed E-state index contributed by atoms with van der Waals surface area (Å²) in [6.07, 6.45) is 1.21. The lowest BCUT2D eigenvalue weighted by Crippen LogP contribution is -2.37. The Balaban J connectivity index is 1.78. The van der Waals surface area contributed by atoms with Gasteiger partial charge >= 0.3 is 6.09 Å². The van der Waals surface area contributed by atoms with E-state index in [1.165, 1.54) is 0 Å². The van der Waals surface area contributed by atoms with Crippen LogP contribution in [0.5, 0.6) is 11.5 Å². The third-order valence-electron chi connectivity index (χ3n) is 7.08. The third-order valence-corrected chi connectivity index (χ3v) is 7.08. The average Bonchev–Trinajstić information content (AvgIpc) is 3.03. The monoisotopic (exact) mass is 565 g/mol. The zero-order valence-corrected chi connectivity index (χ0v) is 24.0. The van der Waals surface area contributed by atoms with Crippen LogP contribution in [-0.2, 0) is 15.1 Å². The van der Waals surface area contributed by atoms with Gasteiger partial charge in [0, 0.05) is 32.2 Å². The number of benzene rings is 3. The van der Waals surface area contributed by atoms with Crippen molar-refractivity contribution >= 4 is 6.09 Å². The number of nitrogens with two attached hydrogens (primary N) is 2. The van der Waals surface area contributed by atoms with Crippen molar-refractivity contribution < 1.29 is 28.8 Å². The molecule has 9 heteroatoms. The molecular weight excluding hydrogens is 522 g/mol. The van der Waals surface area contributed by atoms with E-state index in [0.717, 1.165) is 47.5 Å². The topological polar surface area (TPSA) is 138 Å². The molecule has 6 N–H and O–H groups in total. The molecule has 0 heterocycles. The van der Waals surface area contributed by atoms with Crippen LogP contribution < -0.4 is 26.3 Å². The SMILES string of the molecule is COc1ccc(C(OCC(CO)CCCCNC(=O)OC(CN)CN)(c2ccccc2)c2ccc(OC)cc2)cc1. The van der Waals surface area contributed by atoms with Crippen molar-refractivity contribution in [2.45, 2.75) is 31.0 Å². The predicted octanol–water partition coefficient (Wildman–Crippen LogP) is 3.80. The molecule has 222 valence electrons. The minimum Gasteiger partial charge on any atom is -0.497 e. The van der Waals surface area contributed by atoms with Crippen molar-refractivity contribution in [2.75, 3.05) is 47.1 Å². The average molecular weight is 566 g/mol. The zero-order valence-electron chi connectivity index (χ0n) is 24.0. The van der Waals surface area contributed by atoms with Crippen molar-refractivity contribution in [1.29, 1.82) is 0 Å². The number of hydrogen-bond donors (Lipinski definition) is 4. The van der Waals surface area contributed by atoms with Crippen LogP contribution >= 0.6 is 0 Å². The maximum Gasteiger partial charge on any atom is 0.407 e. The number of aliphatic hydroxyl groups excluding tert-OH is 1. The van der Waals surface area contributed by atoms with Gasteiger partial charge in [-0.25, -0.2) is 4.79 Å². The maximum atomic E-state index is 11.9. The second-order valence-corrected chi connectivity index (χ2v) is 9.79. The van der Waals surface area contributed by atoms with E-state index in [-0.39, 0.29) is 25.6 Å². The van der Waals surface area contributed by atoms with Crippen molar-refractivity contribution in [2.24, 2.45) is 17.4 Å². The summed E-state index contributed by atoms with van der Waals surface area (Å²) >= 11 is 0. The molecule has 0 radical (unpaired) electrons. The molecule has 0 aliphatic carbocycles. The van der Waals surface area contributed by atoms with Crippen LogP contribution in [0.3, 0.4) is 0 Å². The number of nitrogens with one attached hydrogen (secondary N) is 1. The molecule has 1 unspecified atom stereocenters. The van der Waals surface area contributed by atoms with E-state index in [2.05, 4.69) is 5.32 Å². The van der Waals surface area contributed by atoms with Gasteiger partial charge in [0.1, 0.15) is 23.2 Å². The van der Waals surface area contributed by atoms with E-state index < -0.39 is 17.8 Å². The molecule has 0 aliphatic rings. The van der Waals surface area contributed by atoms with Crippen LogP contribution in [0, 0.1) is 5.92 Å². The summed E-state index contributed by atoms with van der Waals surface area (Å²) in [5, 5.41) is 13.0. The van der Waals surface area contributed by atoms with Gasteiger partial charge in [0.2, 0.25) is 0 Å². The molecule has 3 rings (SSSR count). The molecule has 1 amide bonds. The molecule has 0 fully saturated rings. The summed E-state index contributed by atoms with van der Waals surface area (Å²) in [6.45, 7) is 1.10. The summed E-state index contributed by atoms with van der Waals surface area (Å²) in [5.74, 6) is 1.39. The predicted molar refractivity (Wildman–Crippen MR) is 159 cm³/mol. The van der Waals surface area contributed by atoms with Crippen molar-refractivity contribution in [3.63, 3.8) is 0 Å². The number of unbranched alkanes of at least 4 members (excludes halogenated alkanes) is 1. The van der Waals surface area contributed by atoms with Gasteiger partial charge in [0.15, 0.2) is 0 Å². The van der Waals surface area contributed by atoms with Crippen LogP contribution in [0.1, 0.15) is 36.0 Å². The molecule has 0 spiro atoms. The number of alkyl carbamates (subject to hydrolysis) is 1. The van der Waals surface area contributed by atoms with Crippen molar-refractivity contribution in [1.82, 2.24) is 5.32 Å². The van der Waals surface area contributed by atoms with Crippen LogP contribution in [-0.4, -0.2) is 64.4 Å². The Bertz CT molecular complexity index is 1110. The Morgan fingerprint density at radius 1 is 0.829 bits per heavy atom. The Kier molecular flexibility index (Phi) is 12.9. The summed E-state index contributed by atoms with van der Waals surface area (Å²) in [6, 6.07) is 25.8. The highest BCUT2D eigenvalue weighted by molar-refractivity contribution is 5.67. The van der Waals surface area contributed by atoms with Gasteiger partial charge in [-0.05, 0) is 53.8 Å². The fourth-order valence-corrected chi connectivity index (χ4v) is 4.68. The molecule has 0 aromatic heterocycles. The summed E-state index contributed by atoms with van der Waals surface area (Å²) in [7, 11) is 3.28. The molecule has 3 aromatic carbocycles. The highest BCUT2D eigenvalue weighted by Crippen LogP contribution is 2.42. The Morgan fingerprint density at radius 3 is 1.85 bits per heavy atom. The molecule has 0 saturated heterocycles. The van der Waals surface area contributed by atoms with Crippen LogP contribution in [0.25, 0.3) is 0 Å². The summed E-state index contributed by atoms with van der Waals surface area (Å²) in [5.41, 5.74) is 12.9.